The fourth-order valence-corrected chi connectivity index (χ4v) is 2.10. The molecule has 1 aromatic heterocycles. The molecule has 0 saturated heterocycles. The molecule has 0 aliphatic heterocycles. The third-order valence-corrected chi connectivity index (χ3v) is 2.93. The highest BCUT2D eigenvalue weighted by Gasteiger charge is 2.15. The largest absolute Gasteiger partial charge is 0.300 e. The first kappa shape index (κ1) is 10.3. The van der Waals surface area contributed by atoms with Crippen LogP contribution in [0.25, 0.3) is 0 Å². The van der Waals surface area contributed by atoms with Gasteiger partial charge in [0.2, 0.25) is 0 Å². The molecule has 0 N–H and O–H groups in total. The van der Waals surface area contributed by atoms with Crippen LogP contribution < -0.4 is 0 Å². The first-order valence-electron chi connectivity index (χ1n) is 5.58. The minimum Gasteiger partial charge on any atom is -0.300 e. The molecule has 2 rings (SSSR count). The van der Waals surface area contributed by atoms with Gasteiger partial charge in [0.1, 0.15) is 12.1 Å². The average Bonchev–Trinajstić information content (AvgIpc) is 2.26. The number of hydrogen-bond acceptors (Lipinski definition) is 3. The lowest BCUT2D eigenvalue weighted by molar-refractivity contribution is -0.116. The lowest BCUT2D eigenvalue weighted by Gasteiger charge is -2.16. The van der Waals surface area contributed by atoms with E-state index in [1.807, 2.05) is 0 Å². The van der Waals surface area contributed by atoms with Gasteiger partial charge in [-0.1, -0.05) is 0 Å². The Balaban J connectivity index is 2.19. The Kier molecular flexibility index (Phi) is 3.09. The second kappa shape index (κ2) is 4.51. The standard InChI is InChI=1S/C12H16N2O/c1-9(15)6-7-12-10-4-2-3-5-11(10)13-8-14-12/h8H,2-7H2,1H3. The van der Waals surface area contributed by atoms with Gasteiger partial charge in [0.15, 0.2) is 0 Å². The molecule has 0 aromatic carbocycles. The maximum Gasteiger partial charge on any atom is 0.130 e. The normalized spacial score (nSPS) is 14.7. The van der Waals surface area contributed by atoms with Crippen LogP contribution >= 0.6 is 0 Å². The fraction of sp³-hybridized carbons (Fsp3) is 0.583. The number of hydrogen-bond donors (Lipinski definition) is 0. The Morgan fingerprint density at radius 2 is 2.13 bits per heavy atom. The molecule has 0 radical (unpaired) electrons. The van der Waals surface area contributed by atoms with Crippen LogP contribution in [0.1, 0.15) is 43.1 Å². The van der Waals surface area contributed by atoms with E-state index in [2.05, 4.69) is 9.97 Å². The number of Topliss-reactive ketones (excluding diaryl/α,β-unsaturated/α-hetero) is 1. The summed E-state index contributed by atoms with van der Waals surface area (Å²) in [5.74, 6) is 0.234. The maximum absolute atomic E-state index is 10.9. The molecule has 0 bridgehead atoms. The Morgan fingerprint density at radius 1 is 1.33 bits per heavy atom. The maximum atomic E-state index is 10.9. The summed E-state index contributed by atoms with van der Waals surface area (Å²) in [6, 6.07) is 0. The number of rotatable bonds is 3. The van der Waals surface area contributed by atoms with Crippen LogP contribution in [0.3, 0.4) is 0 Å². The van der Waals surface area contributed by atoms with Gasteiger partial charge >= 0.3 is 0 Å². The second-order valence-electron chi connectivity index (χ2n) is 4.15. The van der Waals surface area contributed by atoms with E-state index in [9.17, 15) is 4.79 Å². The number of fused-ring (bicyclic) bond motifs is 1. The van der Waals surface area contributed by atoms with Gasteiger partial charge in [-0.05, 0) is 44.6 Å². The molecule has 0 spiro atoms. The molecule has 0 unspecified atom stereocenters. The first-order valence-corrected chi connectivity index (χ1v) is 5.58. The number of carbonyl (C=O) groups is 1. The summed E-state index contributed by atoms with van der Waals surface area (Å²) in [7, 11) is 0. The van der Waals surface area contributed by atoms with E-state index in [0.29, 0.717) is 6.42 Å². The van der Waals surface area contributed by atoms with Crippen LogP contribution in [0.4, 0.5) is 0 Å². The van der Waals surface area contributed by atoms with Gasteiger partial charge < -0.3 is 4.79 Å². The highest BCUT2D eigenvalue weighted by Crippen LogP contribution is 2.21. The van der Waals surface area contributed by atoms with Crippen LogP contribution in [-0.2, 0) is 24.1 Å². The lowest BCUT2D eigenvalue weighted by Crippen LogP contribution is -2.11. The van der Waals surface area contributed by atoms with E-state index in [1.165, 1.54) is 24.1 Å². The van der Waals surface area contributed by atoms with Crippen molar-refractivity contribution < 1.29 is 4.79 Å². The molecule has 80 valence electrons. The van der Waals surface area contributed by atoms with Gasteiger partial charge in [-0.25, -0.2) is 9.97 Å². The zero-order valence-corrected chi connectivity index (χ0v) is 9.12. The third-order valence-electron chi connectivity index (χ3n) is 2.93. The first-order chi connectivity index (χ1) is 7.27. The summed E-state index contributed by atoms with van der Waals surface area (Å²) in [5, 5.41) is 0. The molecule has 1 aromatic rings. The Bertz CT molecular complexity index is 374. The molecule has 1 aliphatic rings. The summed E-state index contributed by atoms with van der Waals surface area (Å²) in [5.41, 5.74) is 3.61. The number of aromatic nitrogens is 2. The van der Waals surface area contributed by atoms with Gasteiger partial charge in [0.25, 0.3) is 0 Å². The summed E-state index contributed by atoms with van der Waals surface area (Å²) in [6.45, 7) is 1.63. The number of nitrogens with zero attached hydrogens (tertiary/aromatic N) is 2. The van der Waals surface area contributed by atoms with Crippen molar-refractivity contribution in [1.82, 2.24) is 9.97 Å². The Labute approximate surface area is 89.9 Å². The van der Waals surface area contributed by atoms with Crippen LogP contribution in [-0.4, -0.2) is 15.8 Å². The van der Waals surface area contributed by atoms with Crippen molar-refractivity contribution in [3.63, 3.8) is 0 Å². The molecule has 1 aliphatic carbocycles. The van der Waals surface area contributed by atoms with Crippen LogP contribution in [0, 0.1) is 0 Å². The van der Waals surface area contributed by atoms with Gasteiger partial charge in [-0.2, -0.15) is 0 Å². The molecule has 15 heavy (non-hydrogen) atoms. The third kappa shape index (κ3) is 2.41. The van der Waals surface area contributed by atoms with Gasteiger partial charge in [-0.15, -0.1) is 0 Å². The zero-order valence-electron chi connectivity index (χ0n) is 9.12. The SMILES string of the molecule is CC(=O)CCc1ncnc2c1CCCC2. The molecule has 1 heterocycles. The smallest absolute Gasteiger partial charge is 0.130 e. The van der Waals surface area contributed by atoms with E-state index in [1.54, 1.807) is 13.3 Å². The van der Waals surface area contributed by atoms with Crippen LogP contribution in [0.5, 0.6) is 0 Å². The monoisotopic (exact) mass is 204 g/mol. The molecule has 3 heteroatoms. The molecule has 0 fully saturated rings. The molecule has 3 nitrogen and oxygen atoms in total. The minimum atomic E-state index is 0.234. The molecular weight excluding hydrogens is 188 g/mol. The van der Waals surface area contributed by atoms with E-state index in [4.69, 9.17) is 0 Å². The average molecular weight is 204 g/mol. The van der Waals surface area contributed by atoms with Gasteiger partial charge in [0.05, 0.1) is 0 Å². The van der Waals surface area contributed by atoms with E-state index in [0.717, 1.165) is 25.0 Å². The lowest BCUT2D eigenvalue weighted by atomic mass is 9.93. The van der Waals surface area contributed by atoms with Crippen molar-refractivity contribution in [3.8, 4) is 0 Å². The van der Waals surface area contributed by atoms with Gasteiger partial charge in [-0.3, -0.25) is 0 Å². The minimum absolute atomic E-state index is 0.234. The summed E-state index contributed by atoms with van der Waals surface area (Å²) in [4.78, 5) is 19.6. The highest BCUT2D eigenvalue weighted by molar-refractivity contribution is 5.75. The number of aryl methyl sites for hydroxylation is 2. The fourth-order valence-electron chi connectivity index (χ4n) is 2.10. The van der Waals surface area contributed by atoms with Gasteiger partial charge in [0, 0.05) is 17.8 Å². The second-order valence-corrected chi connectivity index (χ2v) is 4.15. The van der Waals surface area contributed by atoms with Crippen molar-refractivity contribution >= 4 is 5.78 Å². The van der Waals surface area contributed by atoms with Crippen molar-refractivity contribution in [2.75, 3.05) is 0 Å². The van der Waals surface area contributed by atoms with Crippen molar-refractivity contribution in [2.24, 2.45) is 0 Å². The summed E-state index contributed by atoms with van der Waals surface area (Å²) in [6.07, 6.45) is 7.64. The topological polar surface area (TPSA) is 42.9 Å². The summed E-state index contributed by atoms with van der Waals surface area (Å²) >= 11 is 0. The van der Waals surface area contributed by atoms with E-state index >= 15 is 0 Å². The Hall–Kier alpha value is -1.25. The zero-order chi connectivity index (χ0) is 10.7. The molecular formula is C12H16N2O. The van der Waals surface area contributed by atoms with Crippen molar-refractivity contribution in [1.29, 1.82) is 0 Å². The number of carbonyl (C=O) groups excluding carboxylic acids is 1. The number of ketones is 1. The Morgan fingerprint density at radius 3 is 2.93 bits per heavy atom. The van der Waals surface area contributed by atoms with Crippen LogP contribution in [0.2, 0.25) is 0 Å². The quantitative estimate of drug-likeness (QED) is 0.755. The predicted molar refractivity (Wildman–Crippen MR) is 57.7 cm³/mol. The predicted octanol–water partition coefficient (Wildman–Crippen LogP) is 1.88. The highest BCUT2D eigenvalue weighted by atomic mass is 16.1. The van der Waals surface area contributed by atoms with Crippen molar-refractivity contribution in [3.05, 3.63) is 23.3 Å². The molecule has 0 atom stereocenters. The van der Waals surface area contributed by atoms with Crippen molar-refractivity contribution in [2.45, 2.75) is 45.4 Å². The molecule has 0 saturated carbocycles. The summed E-state index contributed by atoms with van der Waals surface area (Å²) < 4.78 is 0. The molecule has 0 amide bonds. The van der Waals surface area contributed by atoms with E-state index < -0.39 is 0 Å². The van der Waals surface area contributed by atoms with E-state index in [-0.39, 0.29) is 5.78 Å². The van der Waals surface area contributed by atoms with Crippen LogP contribution in [0.15, 0.2) is 6.33 Å².